The van der Waals surface area contributed by atoms with Gasteiger partial charge in [-0.05, 0) is 44.6 Å². The highest BCUT2D eigenvalue weighted by Crippen LogP contribution is 2.37. The van der Waals surface area contributed by atoms with Crippen LogP contribution < -0.4 is 4.90 Å². The van der Waals surface area contributed by atoms with Gasteiger partial charge in [0.25, 0.3) is 5.91 Å². The number of hydrogen-bond acceptors (Lipinski definition) is 6. The average molecular weight is 517 g/mol. The van der Waals surface area contributed by atoms with Crippen LogP contribution >= 0.6 is 34.5 Å². The van der Waals surface area contributed by atoms with Crippen molar-refractivity contribution in [2.24, 2.45) is 0 Å². The van der Waals surface area contributed by atoms with Crippen molar-refractivity contribution >= 4 is 55.8 Å². The number of rotatable bonds is 8. The fourth-order valence-corrected chi connectivity index (χ4v) is 5.43. The first kappa shape index (κ1) is 24.7. The second kappa shape index (κ2) is 10.4. The summed E-state index contributed by atoms with van der Waals surface area (Å²) in [6.07, 6.45) is 0. The summed E-state index contributed by atoms with van der Waals surface area (Å²) in [5.74, 6) is 0.205. The molecule has 0 unspecified atom stereocenters. The molecule has 2 aromatic heterocycles. The standard InChI is InChI=1S/C25H26Cl2N4O2S/c1-5-30(6-2)13-14-31(25-28-21-15(3)11-12-19(27)23(21)34-25)24(32)20-16(4)33-29-22(20)17-9-7-8-10-18(17)26/h7-12H,5-6,13-14H2,1-4H3. The van der Waals surface area contributed by atoms with Gasteiger partial charge in [0.15, 0.2) is 5.13 Å². The van der Waals surface area contributed by atoms with Gasteiger partial charge in [0, 0.05) is 18.7 Å². The van der Waals surface area contributed by atoms with E-state index >= 15 is 0 Å². The molecule has 0 N–H and O–H groups in total. The Morgan fingerprint density at radius 1 is 1.03 bits per heavy atom. The number of carbonyl (C=O) groups excluding carboxylic acids is 1. The van der Waals surface area contributed by atoms with Crippen LogP contribution in [-0.2, 0) is 0 Å². The van der Waals surface area contributed by atoms with Gasteiger partial charge in [-0.1, -0.05) is 77.8 Å². The van der Waals surface area contributed by atoms with Gasteiger partial charge in [-0.3, -0.25) is 9.69 Å². The molecule has 4 aromatic rings. The molecule has 9 heteroatoms. The van der Waals surface area contributed by atoms with Crippen LogP contribution in [0.1, 0.15) is 35.5 Å². The van der Waals surface area contributed by atoms with Gasteiger partial charge in [-0.2, -0.15) is 0 Å². The number of hydrogen-bond donors (Lipinski definition) is 0. The molecule has 1 amide bonds. The molecule has 0 aliphatic carbocycles. The van der Waals surface area contributed by atoms with Crippen molar-refractivity contribution in [3.8, 4) is 11.3 Å². The topological polar surface area (TPSA) is 62.5 Å². The molecule has 0 saturated carbocycles. The van der Waals surface area contributed by atoms with Gasteiger partial charge < -0.3 is 9.42 Å². The number of fused-ring (bicyclic) bond motifs is 1. The van der Waals surface area contributed by atoms with Gasteiger partial charge in [0.05, 0.1) is 20.3 Å². The predicted molar refractivity (Wildman–Crippen MR) is 141 cm³/mol. The zero-order valence-corrected chi connectivity index (χ0v) is 21.9. The summed E-state index contributed by atoms with van der Waals surface area (Å²) >= 11 is 14.3. The summed E-state index contributed by atoms with van der Waals surface area (Å²) in [4.78, 5) is 22.9. The first-order valence-corrected chi connectivity index (χ1v) is 12.7. The molecule has 4 rings (SSSR count). The van der Waals surface area contributed by atoms with Gasteiger partial charge in [0.1, 0.15) is 17.0 Å². The van der Waals surface area contributed by atoms with Crippen molar-refractivity contribution in [1.82, 2.24) is 15.0 Å². The zero-order chi connectivity index (χ0) is 24.4. The van der Waals surface area contributed by atoms with E-state index in [4.69, 9.17) is 32.7 Å². The number of benzene rings is 2. The lowest BCUT2D eigenvalue weighted by Crippen LogP contribution is -2.39. The van der Waals surface area contributed by atoms with Gasteiger partial charge in [-0.15, -0.1) is 0 Å². The number of amides is 1. The molecule has 6 nitrogen and oxygen atoms in total. The molecule has 34 heavy (non-hydrogen) atoms. The highest BCUT2D eigenvalue weighted by Gasteiger charge is 2.30. The number of anilines is 1. The van der Waals surface area contributed by atoms with Gasteiger partial charge >= 0.3 is 0 Å². The molecule has 0 atom stereocenters. The molecule has 2 aromatic carbocycles. The van der Waals surface area contributed by atoms with Crippen LogP contribution in [-0.4, -0.2) is 47.1 Å². The molecule has 0 radical (unpaired) electrons. The summed E-state index contributed by atoms with van der Waals surface area (Å²) < 4.78 is 6.34. The Hall–Kier alpha value is -2.45. The molecular formula is C25H26Cl2N4O2S. The van der Waals surface area contributed by atoms with Crippen LogP contribution in [0.5, 0.6) is 0 Å². The first-order valence-electron chi connectivity index (χ1n) is 11.2. The van der Waals surface area contributed by atoms with Crippen molar-refractivity contribution in [3.63, 3.8) is 0 Å². The molecule has 2 heterocycles. The average Bonchev–Trinajstić information content (AvgIpc) is 3.44. The van der Waals surface area contributed by atoms with Gasteiger partial charge in [-0.25, -0.2) is 4.98 Å². The number of aryl methyl sites for hydroxylation is 2. The summed E-state index contributed by atoms with van der Waals surface area (Å²) in [7, 11) is 0. The maximum atomic E-state index is 14.1. The van der Waals surface area contributed by atoms with Crippen LogP contribution in [0, 0.1) is 13.8 Å². The molecular weight excluding hydrogens is 491 g/mol. The van der Waals surface area contributed by atoms with Crippen molar-refractivity contribution in [3.05, 3.63) is 63.3 Å². The summed E-state index contributed by atoms with van der Waals surface area (Å²) in [6, 6.07) is 11.1. The van der Waals surface area contributed by atoms with Gasteiger partial charge in [0.2, 0.25) is 0 Å². The van der Waals surface area contributed by atoms with Crippen LogP contribution in [0.2, 0.25) is 10.0 Å². The van der Waals surface area contributed by atoms with Crippen LogP contribution in [0.4, 0.5) is 5.13 Å². The Kier molecular flexibility index (Phi) is 7.57. The third-order valence-electron chi connectivity index (χ3n) is 5.90. The Balaban J connectivity index is 1.82. The minimum Gasteiger partial charge on any atom is -0.360 e. The highest BCUT2D eigenvalue weighted by molar-refractivity contribution is 7.23. The fourth-order valence-electron chi connectivity index (χ4n) is 3.87. The minimum absolute atomic E-state index is 0.228. The largest absolute Gasteiger partial charge is 0.360 e. The minimum atomic E-state index is -0.228. The van der Waals surface area contributed by atoms with Crippen LogP contribution in [0.25, 0.3) is 21.5 Å². The lowest BCUT2D eigenvalue weighted by molar-refractivity contribution is 0.0983. The van der Waals surface area contributed by atoms with Crippen LogP contribution in [0.15, 0.2) is 40.9 Å². The van der Waals surface area contributed by atoms with E-state index in [1.807, 2.05) is 37.3 Å². The Labute approximate surface area is 213 Å². The number of nitrogens with zero attached hydrogens (tertiary/aromatic N) is 4. The van der Waals surface area contributed by atoms with Crippen molar-refractivity contribution in [2.45, 2.75) is 27.7 Å². The maximum Gasteiger partial charge on any atom is 0.266 e. The number of likely N-dealkylation sites (N-methyl/N-ethyl adjacent to an activating group) is 1. The smallest absolute Gasteiger partial charge is 0.266 e. The van der Waals surface area contributed by atoms with Crippen molar-refractivity contribution < 1.29 is 9.32 Å². The highest BCUT2D eigenvalue weighted by atomic mass is 35.5. The fraction of sp³-hybridized carbons (Fsp3) is 0.320. The summed E-state index contributed by atoms with van der Waals surface area (Å²) in [6.45, 7) is 10.9. The summed E-state index contributed by atoms with van der Waals surface area (Å²) in [5.41, 5.74) is 3.28. The van der Waals surface area contributed by atoms with Crippen molar-refractivity contribution in [2.75, 3.05) is 31.1 Å². The van der Waals surface area contributed by atoms with Crippen LogP contribution in [0.3, 0.4) is 0 Å². The van der Waals surface area contributed by atoms with E-state index in [2.05, 4.69) is 23.9 Å². The molecule has 0 aliphatic heterocycles. The van der Waals surface area contributed by atoms with Crippen molar-refractivity contribution in [1.29, 1.82) is 0 Å². The molecule has 0 saturated heterocycles. The van der Waals surface area contributed by atoms with E-state index in [1.54, 1.807) is 17.9 Å². The SMILES string of the molecule is CCN(CC)CCN(C(=O)c1c(-c2ccccc2Cl)noc1C)c1nc2c(C)ccc(Cl)c2s1. The monoisotopic (exact) mass is 516 g/mol. The number of thiazole rings is 1. The Morgan fingerprint density at radius 3 is 2.44 bits per heavy atom. The third-order valence-corrected chi connectivity index (χ3v) is 7.77. The van der Waals surface area contributed by atoms with E-state index in [0.717, 1.165) is 28.9 Å². The van der Waals surface area contributed by atoms with E-state index < -0.39 is 0 Å². The summed E-state index contributed by atoms with van der Waals surface area (Å²) in [5, 5.41) is 5.90. The first-order chi connectivity index (χ1) is 16.3. The lowest BCUT2D eigenvalue weighted by atomic mass is 10.1. The predicted octanol–water partition coefficient (Wildman–Crippen LogP) is 6.86. The Bertz CT molecular complexity index is 1290. The quantitative estimate of drug-likeness (QED) is 0.255. The van der Waals surface area contributed by atoms with E-state index in [0.29, 0.717) is 50.8 Å². The molecule has 0 fully saturated rings. The molecule has 0 aliphatic rings. The molecule has 0 bridgehead atoms. The van der Waals surface area contributed by atoms with E-state index in [1.165, 1.54) is 11.3 Å². The second-order valence-electron chi connectivity index (χ2n) is 7.96. The zero-order valence-electron chi connectivity index (χ0n) is 19.6. The Morgan fingerprint density at radius 2 is 1.76 bits per heavy atom. The normalized spacial score (nSPS) is 11.5. The number of aromatic nitrogens is 2. The number of carbonyl (C=O) groups is 1. The lowest BCUT2D eigenvalue weighted by Gasteiger charge is -2.24. The molecule has 0 spiro atoms. The number of halogens is 2. The van der Waals surface area contributed by atoms with E-state index in [9.17, 15) is 4.79 Å². The molecule has 178 valence electrons. The van der Waals surface area contributed by atoms with E-state index in [-0.39, 0.29) is 5.91 Å². The second-order valence-corrected chi connectivity index (χ2v) is 9.76. The third kappa shape index (κ3) is 4.70. The maximum absolute atomic E-state index is 14.1.